The maximum Gasteiger partial charge on any atom is 0.284 e. The smallest absolute Gasteiger partial charge is 0.284 e. The Morgan fingerprint density at radius 3 is 2.58 bits per heavy atom. The van der Waals surface area contributed by atoms with Crippen LogP contribution in [0.1, 0.15) is 10.4 Å². The fraction of sp³-hybridized carbons (Fsp3) is 0.263. The molecule has 0 aliphatic carbocycles. The van der Waals surface area contributed by atoms with Crippen LogP contribution in [0.5, 0.6) is 0 Å². The summed E-state index contributed by atoms with van der Waals surface area (Å²) in [5.74, 6) is 0.569. The van der Waals surface area contributed by atoms with Gasteiger partial charge >= 0.3 is 0 Å². The van der Waals surface area contributed by atoms with Gasteiger partial charge in [-0.3, -0.25) is 14.9 Å². The van der Waals surface area contributed by atoms with Crippen molar-refractivity contribution in [2.75, 3.05) is 31.1 Å². The molecule has 0 radical (unpaired) electrons. The number of aromatic nitrogens is 4. The number of pyridine rings is 1. The van der Waals surface area contributed by atoms with Gasteiger partial charge in [0, 0.05) is 51.1 Å². The molecule has 1 saturated heterocycles. The van der Waals surface area contributed by atoms with Crippen molar-refractivity contribution in [2.45, 2.75) is 10.1 Å². The number of amides is 1. The highest BCUT2D eigenvalue weighted by Gasteiger charge is 2.26. The van der Waals surface area contributed by atoms with E-state index >= 15 is 0 Å². The highest BCUT2D eigenvalue weighted by molar-refractivity contribution is 7.99. The van der Waals surface area contributed by atoms with Crippen LogP contribution in [-0.2, 0) is 7.05 Å². The molecule has 1 fully saturated rings. The van der Waals surface area contributed by atoms with Crippen LogP contribution in [0, 0.1) is 10.1 Å². The number of carbonyl (C=O) groups excluding carboxylic acids is 1. The molecular weight excluding hydrogens is 442 g/mol. The first kappa shape index (κ1) is 21.1. The highest BCUT2D eigenvalue weighted by Crippen LogP contribution is 2.34. The predicted octanol–water partition coefficient (Wildman–Crippen LogP) is 2.89. The Bertz CT molecular complexity index is 1110. The molecule has 1 amide bonds. The number of nitro benzene ring substituents is 1. The van der Waals surface area contributed by atoms with Crippen LogP contribution in [0.3, 0.4) is 0 Å². The molecule has 3 aromatic rings. The van der Waals surface area contributed by atoms with Gasteiger partial charge in [-0.05, 0) is 36.0 Å². The minimum Gasteiger partial charge on any atom is -0.353 e. The molecule has 10 nitrogen and oxygen atoms in total. The number of carbonyl (C=O) groups is 1. The summed E-state index contributed by atoms with van der Waals surface area (Å²) in [6.07, 6.45) is 3.11. The highest BCUT2D eigenvalue weighted by atomic mass is 35.5. The van der Waals surface area contributed by atoms with Gasteiger partial charge < -0.3 is 14.4 Å². The standard InChI is InChI=1S/C19H18ClN7O3S/c1-24-12-22-23-19(24)31-16-4-2-13(10-15(16)27(29)30)18(28)26-8-6-25(7-9-26)17-5-3-14(20)11-21-17/h2-5,10-12H,6-9H2,1H3. The summed E-state index contributed by atoms with van der Waals surface area (Å²) in [6.45, 7) is 2.21. The van der Waals surface area contributed by atoms with Crippen molar-refractivity contribution < 1.29 is 9.72 Å². The number of rotatable bonds is 5. The van der Waals surface area contributed by atoms with Gasteiger partial charge in [0.15, 0.2) is 5.16 Å². The summed E-state index contributed by atoms with van der Waals surface area (Å²) >= 11 is 7.02. The first-order valence-corrected chi connectivity index (χ1v) is 10.6. The molecule has 0 bridgehead atoms. The zero-order chi connectivity index (χ0) is 22.0. The van der Waals surface area contributed by atoms with Crippen LogP contribution < -0.4 is 4.90 Å². The summed E-state index contributed by atoms with van der Waals surface area (Å²) in [4.78, 5) is 32.6. The molecule has 1 aliphatic heterocycles. The zero-order valence-electron chi connectivity index (χ0n) is 16.5. The lowest BCUT2D eigenvalue weighted by atomic mass is 10.1. The van der Waals surface area contributed by atoms with Gasteiger partial charge in [0.2, 0.25) is 0 Å². The molecular formula is C19H18ClN7O3S. The summed E-state index contributed by atoms with van der Waals surface area (Å²) < 4.78 is 1.67. The van der Waals surface area contributed by atoms with E-state index < -0.39 is 4.92 Å². The molecule has 4 rings (SSSR count). The van der Waals surface area contributed by atoms with Crippen molar-refractivity contribution in [3.05, 3.63) is 63.6 Å². The monoisotopic (exact) mass is 459 g/mol. The van der Waals surface area contributed by atoms with Gasteiger partial charge in [0.1, 0.15) is 12.1 Å². The van der Waals surface area contributed by atoms with E-state index in [4.69, 9.17) is 11.6 Å². The van der Waals surface area contributed by atoms with Crippen LogP contribution in [0.4, 0.5) is 11.5 Å². The molecule has 160 valence electrons. The van der Waals surface area contributed by atoms with Crippen molar-refractivity contribution in [3.8, 4) is 0 Å². The first-order valence-electron chi connectivity index (χ1n) is 9.38. The van der Waals surface area contributed by atoms with Gasteiger partial charge in [-0.15, -0.1) is 10.2 Å². The van der Waals surface area contributed by atoms with Crippen molar-refractivity contribution in [1.29, 1.82) is 0 Å². The van der Waals surface area contributed by atoms with Crippen molar-refractivity contribution in [3.63, 3.8) is 0 Å². The Morgan fingerprint density at radius 2 is 1.97 bits per heavy atom. The zero-order valence-corrected chi connectivity index (χ0v) is 18.1. The lowest BCUT2D eigenvalue weighted by Crippen LogP contribution is -2.49. The normalized spacial score (nSPS) is 14.0. The van der Waals surface area contributed by atoms with E-state index in [0.29, 0.717) is 41.3 Å². The molecule has 0 unspecified atom stereocenters. The molecule has 1 aromatic carbocycles. The summed E-state index contributed by atoms with van der Waals surface area (Å²) in [5, 5.41) is 20.4. The van der Waals surface area contributed by atoms with E-state index in [9.17, 15) is 14.9 Å². The molecule has 1 aliphatic rings. The third-order valence-corrected chi connectivity index (χ3v) is 6.22. The topological polar surface area (TPSA) is 110 Å². The van der Waals surface area contributed by atoms with E-state index in [1.807, 2.05) is 6.07 Å². The van der Waals surface area contributed by atoms with Gasteiger partial charge in [0.05, 0.1) is 14.8 Å². The predicted molar refractivity (Wildman–Crippen MR) is 116 cm³/mol. The molecule has 0 atom stereocenters. The lowest BCUT2D eigenvalue weighted by molar-refractivity contribution is -0.387. The second-order valence-electron chi connectivity index (χ2n) is 6.88. The largest absolute Gasteiger partial charge is 0.353 e. The third-order valence-electron chi connectivity index (χ3n) is 4.88. The number of nitro groups is 1. The van der Waals surface area contributed by atoms with Gasteiger partial charge in [-0.1, -0.05) is 11.6 Å². The summed E-state index contributed by atoms with van der Waals surface area (Å²) in [5.41, 5.74) is 0.148. The third kappa shape index (κ3) is 4.62. The quantitative estimate of drug-likeness (QED) is 0.423. The Kier molecular flexibility index (Phi) is 6.05. The summed E-state index contributed by atoms with van der Waals surface area (Å²) in [6, 6.07) is 8.14. The average molecular weight is 460 g/mol. The molecule has 31 heavy (non-hydrogen) atoms. The first-order chi connectivity index (χ1) is 14.9. The van der Waals surface area contributed by atoms with Crippen LogP contribution in [0.2, 0.25) is 5.02 Å². The van der Waals surface area contributed by atoms with Crippen molar-refractivity contribution in [2.24, 2.45) is 7.05 Å². The molecule has 3 heterocycles. The van der Waals surface area contributed by atoms with Crippen LogP contribution in [0.15, 0.2) is 52.9 Å². The number of halogens is 1. The number of nitrogens with zero attached hydrogens (tertiary/aromatic N) is 7. The van der Waals surface area contributed by atoms with Gasteiger partial charge in [0.25, 0.3) is 11.6 Å². The van der Waals surface area contributed by atoms with Gasteiger partial charge in [-0.25, -0.2) is 4.98 Å². The van der Waals surface area contributed by atoms with E-state index in [1.54, 1.807) is 40.9 Å². The SMILES string of the molecule is Cn1cnnc1Sc1ccc(C(=O)N2CCN(c3ccc(Cl)cn3)CC2)cc1[N+](=O)[O-]. The lowest BCUT2D eigenvalue weighted by Gasteiger charge is -2.35. The van der Waals surface area contributed by atoms with E-state index in [1.165, 1.54) is 12.4 Å². The van der Waals surface area contributed by atoms with Crippen LogP contribution >= 0.6 is 23.4 Å². The Hall–Kier alpha value is -3.18. The number of aryl methyl sites for hydroxylation is 1. The molecule has 2 aromatic heterocycles. The number of piperazine rings is 1. The number of benzene rings is 1. The number of hydrogen-bond donors (Lipinski definition) is 0. The number of anilines is 1. The number of hydrogen-bond acceptors (Lipinski definition) is 8. The summed E-state index contributed by atoms with van der Waals surface area (Å²) in [7, 11) is 1.76. The molecule has 0 saturated carbocycles. The fourth-order valence-electron chi connectivity index (χ4n) is 3.22. The van der Waals surface area contributed by atoms with E-state index in [0.717, 1.165) is 17.6 Å². The molecule has 0 spiro atoms. The minimum absolute atomic E-state index is 0.136. The van der Waals surface area contributed by atoms with E-state index in [2.05, 4.69) is 20.1 Å². The maximum absolute atomic E-state index is 13.0. The van der Waals surface area contributed by atoms with Crippen molar-refractivity contribution in [1.82, 2.24) is 24.6 Å². The van der Waals surface area contributed by atoms with Crippen LogP contribution in [-0.4, -0.2) is 61.7 Å². The average Bonchev–Trinajstić information content (AvgIpc) is 3.18. The Morgan fingerprint density at radius 1 is 1.19 bits per heavy atom. The molecule has 12 heteroatoms. The fourth-order valence-corrected chi connectivity index (χ4v) is 4.18. The Balaban J connectivity index is 1.47. The van der Waals surface area contributed by atoms with Gasteiger partial charge in [-0.2, -0.15) is 0 Å². The Labute approximate surface area is 187 Å². The van der Waals surface area contributed by atoms with E-state index in [-0.39, 0.29) is 17.2 Å². The molecule has 0 N–H and O–H groups in total. The van der Waals surface area contributed by atoms with Crippen LogP contribution in [0.25, 0.3) is 0 Å². The second kappa shape index (κ2) is 8.90. The maximum atomic E-state index is 13.0. The second-order valence-corrected chi connectivity index (χ2v) is 8.33. The van der Waals surface area contributed by atoms with Crippen molar-refractivity contribution >= 4 is 40.8 Å². The minimum atomic E-state index is -0.486.